The van der Waals surface area contributed by atoms with Gasteiger partial charge in [0, 0.05) is 18.6 Å². The first kappa shape index (κ1) is 16.6. The number of carbonyl (C=O) groups excluding carboxylic acids is 2. The molecular weight excluding hydrogens is 277 g/mol. The molecule has 0 bridgehead atoms. The second kappa shape index (κ2) is 6.52. The van der Waals surface area contributed by atoms with Crippen molar-refractivity contribution in [2.24, 2.45) is 5.73 Å². The summed E-state index contributed by atoms with van der Waals surface area (Å²) in [5.41, 5.74) is 5.14. The molecular formula is C11H13Cl2N3O2. The Bertz CT molecular complexity index is 474. The van der Waals surface area contributed by atoms with Crippen LogP contribution in [0.2, 0.25) is 0 Å². The van der Waals surface area contributed by atoms with Crippen molar-refractivity contribution in [1.29, 1.82) is 0 Å². The van der Waals surface area contributed by atoms with Crippen molar-refractivity contribution < 1.29 is 26.6 Å². The number of aromatic nitrogens is 1. The number of hydrogen-bond acceptors (Lipinski definition) is 3. The Morgan fingerprint density at radius 2 is 2.00 bits per heavy atom. The highest BCUT2D eigenvalue weighted by atomic mass is 35.5. The third kappa shape index (κ3) is 3.31. The summed E-state index contributed by atoms with van der Waals surface area (Å²) in [5.74, 6) is 1.35. The van der Waals surface area contributed by atoms with Gasteiger partial charge in [-0.05, 0) is 0 Å². The van der Waals surface area contributed by atoms with E-state index in [1.807, 2.05) is 35.2 Å². The minimum absolute atomic E-state index is 0. The van der Waals surface area contributed by atoms with E-state index in [4.69, 9.17) is 5.73 Å². The summed E-state index contributed by atoms with van der Waals surface area (Å²) < 4.78 is 1.81. The van der Waals surface area contributed by atoms with Crippen LogP contribution in [0.25, 0.3) is 0 Å². The zero-order valence-electron chi connectivity index (χ0n) is 9.43. The Labute approximate surface area is 117 Å². The quantitative estimate of drug-likeness (QED) is 0.435. The third-order valence-corrected chi connectivity index (χ3v) is 2.57. The maximum Gasteiger partial charge on any atom is 0.251 e. The molecule has 18 heavy (non-hydrogen) atoms. The molecule has 1 aromatic heterocycles. The molecule has 3 N–H and O–H groups in total. The van der Waals surface area contributed by atoms with Crippen molar-refractivity contribution in [3.63, 3.8) is 0 Å². The van der Waals surface area contributed by atoms with Gasteiger partial charge in [0.15, 0.2) is 24.5 Å². The van der Waals surface area contributed by atoms with Crippen molar-refractivity contribution >= 4 is 24.3 Å². The Morgan fingerprint density at radius 1 is 1.39 bits per heavy atom. The fourth-order valence-electron chi connectivity index (χ4n) is 1.76. The van der Waals surface area contributed by atoms with Crippen molar-refractivity contribution in [3.05, 3.63) is 36.3 Å². The zero-order valence-corrected chi connectivity index (χ0v) is 11.0. The van der Waals surface area contributed by atoms with Crippen molar-refractivity contribution in [2.45, 2.75) is 18.5 Å². The summed E-state index contributed by atoms with van der Waals surface area (Å²) in [7, 11) is 0. The summed E-state index contributed by atoms with van der Waals surface area (Å²) in [6, 6.07) is 5.59. The van der Waals surface area contributed by atoms with Crippen LogP contribution in [0.4, 0.5) is 0 Å². The molecule has 2 heterocycles. The molecule has 7 heteroatoms. The number of nitrogens with two attached hydrogens (primary N) is 1. The van der Waals surface area contributed by atoms with Crippen molar-refractivity contribution in [3.8, 4) is 0 Å². The first-order valence-corrected chi connectivity index (χ1v) is 4.92. The van der Waals surface area contributed by atoms with Crippen LogP contribution in [0, 0.1) is 0 Å². The Morgan fingerprint density at radius 3 is 2.50 bits per heavy atom. The van der Waals surface area contributed by atoms with Gasteiger partial charge in [-0.15, -0.1) is 12.4 Å². The minimum atomic E-state index is -1.06. The summed E-state index contributed by atoms with van der Waals surface area (Å²) in [6.07, 6.45) is 3.85. The standard InChI is InChI=1S/C11H11N3O2.2ClH/c12-11(6-9(7-15)13-10(11)16)8-14-4-2-1-3-5-14;;/h1-5H,6,8,12H2;2*1H. The molecule has 1 amide bonds. The number of hydrogen-bond donors (Lipinski definition) is 2. The summed E-state index contributed by atoms with van der Waals surface area (Å²) in [6.45, 7) is 0.338. The summed E-state index contributed by atoms with van der Waals surface area (Å²) >= 11 is 0. The molecule has 1 aromatic rings. The number of halogens is 2. The van der Waals surface area contributed by atoms with Crippen molar-refractivity contribution in [2.75, 3.05) is 0 Å². The first-order valence-electron chi connectivity index (χ1n) is 4.92. The number of nitrogens with one attached hydrogen (secondary N) is 1. The van der Waals surface area contributed by atoms with Gasteiger partial charge in [-0.3, -0.25) is 4.79 Å². The van der Waals surface area contributed by atoms with Crippen LogP contribution >= 0.6 is 12.4 Å². The second-order valence-electron chi connectivity index (χ2n) is 3.92. The van der Waals surface area contributed by atoms with Gasteiger partial charge < -0.3 is 23.5 Å². The van der Waals surface area contributed by atoms with E-state index >= 15 is 0 Å². The monoisotopic (exact) mass is 289 g/mol. The van der Waals surface area contributed by atoms with Gasteiger partial charge in [-0.2, -0.15) is 0 Å². The van der Waals surface area contributed by atoms with Gasteiger partial charge in [0.05, 0.1) is 0 Å². The SMILES string of the molecule is Cl.NC1(C[n+]2ccccc2)CC(=C=O)NC1=O.[Cl-]. The topological polar surface area (TPSA) is 76.1 Å². The van der Waals surface area contributed by atoms with Crippen LogP contribution in [0.15, 0.2) is 36.3 Å². The number of amides is 1. The summed E-state index contributed by atoms with van der Waals surface area (Å²) in [4.78, 5) is 22.1. The van der Waals surface area contributed by atoms with E-state index in [0.717, 1.165) is 0 Å². The number of carbonyl (C=O) groups is 1. The molecule has 98 valence electrons. The molecule has 0 saturated carbocycles. The molecule has 1 saturated heterocycles. The maximum atomic E-state index is 11.6. The number of rotatable bonds is 2. The van der Waals surface area contributed by atoms with E-state index < -0.39 is 5.54 Å². The summed E-state index contributed by atoms with van der Waals surface area (Å²) in [5, 5.41) is 2.43. The average molecular weight is 290 g/mol. The van der Waals surface area contributed by atoms with E-state index in [2.05, 4.69) is 5.32 Å². The fourth-order valence-corrected chi connectivity index (χ4v) is 1.76. The first-order chi connectivity index (χ1) is 7.64. The van der Waals surface area contributed by atoms with Crippen LogP contribution in [0.1, 0.15) is 6.42 Å². The highest BCUT2D eigenvalue weighted by molar-refractivity contribution is 5.92. The normalized spacial score (nSPS) is 21.4. The third-order valence-electron chi connectivity index (χ3n) is 2.57. The molecule has 0 spiro atoms. The average Bonchev–Trinajstić information content (AvgIpc) is 2.56. The molecule has 5 nitrogen and oxygen atoms in total. The van der Waals surface area contributed by atoms with Crippen LogP contribution in [0.5, 0.6) is 0 Å². The maximum absolute atomic E-state index is 11.6. The van der Waals surface area contributed by atoms with Gasteiger partial charge in [-0.25, -0.2) is 9.36 Å². The molecule has 2 rings (SSSR count). The van der Waals surface area contributed by atoms with E-state index in [9.17, 15) is 9.59 Å². The second-order valence-corrected chi connectivity index (χ2v) is 3.92. The highest BCUT2D eigenvalue weighted by Crippen LogP contribution is 2.19. The van der Waals surface area contributed by atoms with Crippen LogP contribution < -0.4 is 28.0 Å². The lowest BCUT2D eigenvalue weighted by molar-refractivity contribution is -0.701. The number of pyridine rings is 1. The predicted molar refractivity (Wildman–Crippen MR) is 62.8 cm³/mol. The van der Waals surface area contributed by atoms with Crippen molar-refractivity contribution in [1.82, 2.24) is 5.32 Å². The molecule has 1 aliphatic heterocycles. The van der Waals surface area contributed by atoms with E-state index in [-0.39, 0.29) is 42.8 Å². The highest BCUT2D eigenvalue weighted by Gasteiger charge is 2.45. The largest absolute Gasteiger partial charge is 1.00 e. The molecule has 1 fully saturated rings. The molecule has 1 atom stereocenters. The lowest BCUT2D eigenvalue weighted by Gasteiger charge is -2.15. The van der Waals surface area contributed by atoms with Gasteiger partial charge in [0.25, 0.3) is 5.91 Å². The fraction of sp³-hybridized carbons (Fsp3) is 0.273. The van der Waals surface area contributed by atoms with E-state index in [0.29, 0.717) is 6.54 Å². The molecule has 0 radical (unpaired) electrons. The Hall–Kier alpha value is -1.39. The van der Waals surface area contributed by atoms with Gasteiger partial charge in [0.2, 0.25) is 0 Å². The van der Waals surface area contributed by atoms with Crippen LogP contribution in [0.3, 0.4) is 0 Å². The van der Waals surface area contributed by atoms with Crippen LogP contribution in [-0.4, -0.2) is 17.4 Å². The molecule has 1 aliphatic rings. The van der Waals surface area contributed by atoms with E-state index in [1.54, 1.807) is 5.94 Å². The lowest BCUT2D eigenvalue weighted by atomic mass is 9.98. The zero-order chi connectivity index (χ0) is 11.6. The number of nitrogens with zero attached hydrogens (tertiary/aromatic N) is 1. The molecule has 1 unspecified atom stereocenters. The smallest absolute Gasteiger partial charge is 0.251 e. The minimum Gasteiger partial charge on any atom is -1.00 e. The van der Waals surface area contributed by atoms with Crippen LogP contribution in [-0.2, 0) is 16.1 Å². The lowest BCUT2D eigenvalue weighted by Crippen LogP contribution is -3.00. The van der Waals surface area contributed by atoms with Gasteiger partial charge in [0.1, 0.15) is 11.6 Å². The molecule has 0 aliphatic carbocycles. The Balaban J connectivity index is 0.00000144. The van der Waals surface area contributed by atoms with Gasteiger partial charge >= 0.3 is 0 Å². The predicted octanol–water partition coefficient (Wildman–Crippen LogP) is -3.67. The van der Waals surface area contributed by atoms with Gasteiger partial charge in [-0.1, -0.05) is 6.07 Å². The Kier molecular flexibility index (Phi) is 6.01. The molecule has 0 aromatic carbocycles. The van der Waals surface area contributed by atoms with E-state index in [1.165, 1.54) is 0 Å².